The van der Waals surface area contributed by atoms with Gasteiger partial charge in [0.05, 0.1) is 5.69 Å². The average Bonchev–Trinajstić information content (AvgIpc) is 2.57. The molecule has 1 aromatic rings. The van der Waals surface area contributed by atoms with Crippen LogP contribution in [-0.4, -0.2) is 26.3 Å². The second-order valence-electron chi connectivity index (χ2n) is 6.03. The molecule has 0 saturated heterocycles. The summed E-state index contributed by atoms with van der Waals surface area (Å²) in [6.07, 6.45) is 1.37. The van der Waals surface area contributed by atoms with Gasteiger partial charge in [-0.2, -0.15) is 0 Å². The summed E-state index contributed by atoms with van der Waals surface area (Å²) in [5.74, 6) is -0.727. The van der Waals surface area contributed by atoms with Crippen LogP contribution in [0.2, 0.25) is 0 Å². The molecule has 1 saturated carbocycles. The van der Waals surface area contributed by atoms with Crippen molar-refractivity contribution < 1.29 is 9.90 Å². The second-order valence-corrected chi connectivity index (χ2v) is 6.03. The van der Waals surface area contributed by atoms with Crippen molar-refractivity contribution >= 4 is 11.9 Å². The lowest BCUT2D eigenvalue weighted by molar-refractivity contribution is -0.148. The minimum Gasteiger partial charge on any atom is -0.481 e. The molecule has 3 rings (SSSR count). The first-order chi connectivity index (χ1) is 8.27. The van der Waals surface area contributed by atoms with Crippen LogP contribution in [0.25, 0.3) is 0 Å². The zero-order chi connectivity index (χ0) is 13.3. The van der Waals surface area contributed by atoms with Crippen molar-refractivity contribution in [1.82, 2.24) is 15.2 Å². The predicted octanol–water partition coefficient (Wildman–Crippen LogP) is 0.867. The smallest absolute Gasteiger partial charge is 0.316 e. The molecule has 96 valence electrons. The molecular formula is C12H16N4O2. The fourth-order valence-electron chi connectivity index (χ4n) is 3.85. The molecule has 0 unspecified atom stereocenters. The molecule has 6 heteroatoms. The van der Waals surface area contributed by atoms with E-state index in [0.717, 1.165) is 6.42 Å². The van der Waals surface area contributed by atoms with Crippen LogP contribution < -0.4 is 5.73 Å². The maximum atomic E-state index is 11.9. The fraction of sp³-hybridized carbons (Fsp3) is 0.667. The van der Waals surface area contributed by atoms with Crippen LogP contribution in [0.3, 0.4) is 0 Å². The van der Waals surface area contributed by atoms with Crippen LogP contribution in [0.15, 0.2) is 0 Å². The number of anilines is 1. The van der Waals surface area contributed by atoms with Gasteiger partial charge in [0.2, 0.25) is 5.95 Å². The Bertz CT molecular complexity index is 571. The number of aliphatic carboxylic acids is 1. The van der Waals surface area contributed by atoms with Crippen LogP contribution in [0.1, 0.15) is 45.0 Å². The number of rotatable bonds is 1. The Morgan fingerprint density at radius 1 is 1.22 bits per heavy atom. The minimum absolute atomic E-state index is 0.110. The number of nitrogens with zero attached hydrogens (tertiary/aromatic N) is 3. The van der Waals surface area contributed by atoms with Gasteiger partial charge < -0.3 is 10.8 Å². The third kappa shape index (κ3) is 0.855. The summed E-state index contributed by atoms with van der Waals surface area (Å²) in [4.78, 5) is 16.1. The summed E-state index contributed by atoms with van der Waals surface area (Å²) in [5.41, 5.74) is 5.09. The Hall–Kier alpha value is -1.72. The Morgan fingerprint density at radius 3 is 2.50 bits per heavy atom. The molecule has 3 N–H and O–H groups in total. The lowest BCUT2D eigenvalue weighted by Crippen LogP contribution is -2.45. The molecule has 2 bridgehead atoms. The van der Waals surface area contributed by atoms with Gasteiger partial charge in [0.25, 0.3) is 0 Å². The molecule has 1 aromatic heterocycles. The monoisotopic (exact) mass is 248 g/mol. The quantitative estimate of drug-likeness (QED) is 0.764. The van der Waals surface area contributed by atoms with Crippen LogP contribution in [0.5, 0.6) is 0 Å². The van der Waals surface area contributed by atoms with Crippen LogP contribution >= 0.6 is 0 Å². The molecule has 6 nitrogen and oxygen atoms in total. The van der Waals surface area contributed by atoms with Crippen molar-refractivity contribution in [3.8, 4) is 0 Å². The normalized spacial score (nSPS) is 35.5. The van der Waals surface area contributed by atoms with E-state index < -0.39 is 16.8 Å². The first-order valence-corrected chi connectivity index (χ1v) is 6.02. The highest BCUT2D eigenvalue weighted by molar-refractivity contribution is 5.86. The van der Waals surface area contributed by atoms with Gasteiger partial charge in [-0.1, -0.05) is 20.8 Å². The van der Waals surface area contributed by atoms with Gasteiger partial charge in [-0.15, -0.1) is 10.2 Å². The maximum absolute atomic E-state index is 11.9. The zero-order valence-corrected chi connectivity index (χ0v) is 10.7. The van der Waals surface area contributed by atoms with E-state index in [0.29, 0.717) is 17.8 Å². The largest absolute Gasteiger partial charge is 0.481 e. The van der Waals surface area contributed by atoms with Crippen molar-refractivity contribution in [2.75, 3.05) is 5.73 Å². The lowest BCUT2D eigenvalue weighted by atomic mass is 9.64. The van der Waals surface area contributed by atoms with Crippen LogP contribution in [0.4, 0.5) is 5.95 Å². The van der Waals surface area contributed by atoms with E-state index in [9.17, 15) is 9.90 Å². The third-order valence-corrected chi connectivity index (χ3v) is 5.44. The summed E-state index contributed by atoms with van der Waals surface area (Å²) in [6.45, 7) is 6.01. The summed E-state index contributed by atoms with van der Waals surface area (Å²) >= 11 is 0. The minimum atomic E-state index is -0.981. The van der Waals surface area contributed by atoms with Gasteiger partial charge in [0.15, 0.2) is 0 Å². The number of carbonyl (C=O) groups is 1. The van der Waals surface area contributed by atoms with E-state index in [4.69, 9.17) is 5.73 Å². The topological polar surface area (TPSA) is 102 Å². The van der Waals surface area contributed by atoms with Gasteiger partial charge >= 0.3 is 5.97 Å². The Morgan fingerprint density at radius 2 is 1.89 bits per heavy atom. The lowest BCUT2D eigenvalue weighted by Gasteiger charge is -2.37. The first kappa shape index (κ1) is 11.4. The highest BCUT2D eigenvalue weighted by atomic mass is 16.4. The molecule has 0 radical (unpaired) electrons. The SMILES string of the molecule is CC1(C)[C@]2(C(=O)O)CC[C@]1(C)c1nc(N)nnc12. The Labute approximate surface area is 105 Å². The van der Waals surface area contributed by atoms with Crippen molar-refractivity contribution in [3.63, 3.8) is 0 Å². The Balaban J connectivity index is 2.40. The molecular weight excluding hydrogens is 232 g/mol. The molecule has 0 aromatic carbocycles. The second kappa shape index (κ2) is 2.81. The Kier molecular flexibility index (Phi) is 1.78. The molecule has 1 heterocycles. The van der Waals surface area contributed by atoms with Gasteiger partial charge in [0, 0.05) is 5.41 Å². The predicted molar refractivity (Wildman–Crippen MR) is 63.9 cm³/mol. The first-order valence-electron chi connectivity index (χ1n) is 6.02. The van der Waals surface area contributed by atoms with Gasteiger partial charge in [-0.3, -0.25) is 4.79 Å². The number of hydrogen-bond acceptors (Lipinski definition) is 5. The van der Waals surface area contributed by atoms with Crippen molar-refractivity contribution in [2.45, 2.75) is 44.4 Å². The number of carboxylic acids is 1. The van der Waals surface area contributed by atoms with E-state index >= 15 is 0 Å². The number of nitrogen functional groups attached to an aromatic ring is 1. The molecule has 2 aliphatic carbocycles. The number of nitrogens with two attached hydrogens (primary N) is 1. The third-order valence-electron chi connectivity index (χ3n) is 5.44. The molecule has 18 heavy (non-hydrogen) atoms. The number of aromatic nitrogens is 3. The molecule has 0 amide bonds. The van der Waals surface area contributed by atoms with Gasteiger partial charge in [-0.05, 0) is 18.3 Å². The standard InChI is InChI=1S/C12H16N4O2/c1-10(2)11(3)4-5-12(10,8(17)18)7-6(11)14-9(13)16-15-7/h4-5H2,1-3H3,(H,17,18)(H2,13,14,16)/t11-,12-/m1/s1. The van der Waals surface area contributed by atoms with Crippen molar-refractivity contribution in [2.24, 2.45) is 5.41 Å². The van der Waals surface area contributed by atoms with E-state index in [1.165, 1.54) is 0 Å². The van der Waals surface area contributed by atoms with Crippen molar-refractivity contribution in [1.29, 1.82) is 0 Å². The molecule has 2 atom stereocenters. The summed E-state index contributed by atoms with van der Waals surface area (Å²) in [5, 5.41) is 17.5. The van der Waals surface area contributed by atoms with E-state index in [1.807, 2.05) is 13.8 Å². The molecule has 0 spiro atoms. The summed E-state index contributed by atoms with van der Waals surface area (Å²) in [6, 6.07) is 0. The molecule has 1 fully saturated rings. The number of fused-ring (bicyclic) bond motifs is 5. The maximum Gasteiger partial charge on any atom is 0.316 e. The summed E-state index contributed by atoms with van der Waals surface area (Å²) < 4.78 is 0. The number of hydrogen-bond donors (Lipinski definition) is 2. The van der Waals surface area contributed by atoms with Crippen LogP contribution in [-0.2, 0) is 15.6 Å². The highest BCUT2D eigenvalue weighted by Gasteiger charge is 2.73. The number of carboxylic acid groups (broad SMARTS) is 1. The van der Waals surface area contributed by atoms with Gasteiger partial charge in [0.1, 0.15) is 11.1 Å². The van der Waals surface area contributed by atoms with Crippen LogP contribution in [0, 0.1) is 5.41 Å². The van der Waals surface area contributed by atoms with Crippen molar-refractivity contribution in [3.05, 3.63) is 11.4 Å². The molecule has 0 aliphatic heterocycles. The fourth-order valence-corrected chi connectivity index (χ4v) is 3.85. The average molecular weight is 248 g/mol. The van der Waals surface area contributed by atoms with Gasteiger partial charge in [-0.25, -0.2) is 4.98 Å². The molecule has 2 aliphatic rings. The van der Waals surface area contributed by atoms with E-state index in [2.05, 4.69) is 22.1 Å². The summed E-state index contributed by atoms with van der Waals surface area (Å²) in [7, 11) is 0. The zero-order valence-electron chi connectivity index (χ0n) is 10.7. The van der Waals surface area contributed by atoms with E-state index in [-0.39, 0.29) is 11.4 Å². The highest BCUT2D eigenvalue weighted by Crippen LogP contribution is 2.69. The van der Waals surface area contributed by atoms with E-state index in [1.54, 1.807) is 0 Å².